The zero-order valence-electron chi connectivity index (χ0n) is 17.9. The fourth-order valence-electron chi connectivity index (χ4n) is 3.21. The minimum atomic E-state index is -3.66. The first-order valence-corrected chi connectivity index (χ1v) is 11.4. The van der Waals surface area contributed by atoms with E-state index in [9.17, 15) is 13.2 Å². The van der Waals surface area contributed by atoms with Crippen molar-refractivity contribution in [3.05, 3.63) is 59.2 Å². The standard InChI is InChI=1S/C22H30N2O4S/c1-7-21(22(25)23-17(4)18-9-12-20(28-5)13-10-18)24(29(6,26)27)19-11-8-15(2)16(3)14-19/h8-14,17,21H,7H2,1-6H3,(H,23,25)/t17-,21+/m1/s1. The summed E-state index contributed by atoms with van der Waals surface area (Å²) in [6.07, 6.45) is 1.48. The van der Waals surface area contributed by atoms with E-state index in [4.69, 9.17) is 4.74 Å². The highest BCUT2D eigenvalue weighted by Gasteiger charge is 2.32. The van der Waals surface area contributed by atoms with Gasteiger partial charge in [0.25, 0.3) is 0 Å². The summed E-state index contributed by atoms with van der Waals surface area (Å²) in [7, 11) is -2.06. The second-order valence-electron chi connectivity index (χ2n) is 7.25. The van der Waals surface area contributed by atoms with Crippen LogP contribution in [0.25, 0.3) is 0 Å². The predicted molar refractivity (Wildman–Crippen MR) is 117 cm³/mol. The minimum Gasteiger partial charge on any atom is -0.497 e. The highest BCUT2D eigenvalue weighted by molar-refractivity contribution is 7.92. The van der Waals surface area contributed by atoms with Gasteiger partial charge in [-0.2, -0.15) is 0 Å². The van der Waals surface area contributed by atoms with E-state index in [1.54, 1.807) is 19.2 Å². The minimum absolute atomic E-state index is 0.274. The highest BCUT2D eigenvalue weighted by Crippen LogP contribution is 2.26. The molecule has 29 heavy (non-hydrogen) atoms. The van der Waals surface area contributed by atoms with Gasteiger partial charge < -0.3 is 10.1 Å². The number of amides is 1. The summed E-state index contributed by atoms with van der Waals surface area (Å²) < 4.78 is 31.6. The molecule has 0 aliphatic rings. The van der Waals surface area contributed by atoms with Gasteiger partial charge in [-0.1, -0.05) is 25.1 Å². The number of ether oxygens (including phenoxy) is 1. The third-order valence-electron chi connectivity index (χ3n) is 5.05. The topological polar surface area (TPSA) is 75.7 Å². The molecule has 7 heteroatoms. The summed E-state index contributed by atoms with van der Waals surface area (Å²) in [6, 6.07) is 11.7. The van der Waals surface area contributed by atoms with E-state index >= 15 is 0 Å². The summed E-state index contributed by atoms with van der Waals surface area (Å²) in [5.74, 6) is 0.399. The number of carbonyl (C=O) groups excluding carboxylic acids is 1. The number of carbonyl (C=O) groups is 1. The molecule has 0 aliphatic carbocycles. The van der Waals surface area contributed by atoms with Crippen molar-refractivity contribution in [3.8, 4) is 5.75 Å². The third-order valence-corrected chi connectivity index (χ3v) is 6.23. The Morgan fingerprint density at radius 1 is 1.10 bits per heavy atom. The lowest BCUT2D eigenvalue weighted by Gasteiger charge is -2.31. The first-order chi connectivity index (χ1) is 13.6. The molecule has 0 fully saturated rings. The largest absolute Gasteiger partial charge is 0.497 e. The van der Waals surface area contributed by atoms with Gasteiger partial charge in [0.1, 0.15) is 11.8 Å². The number of benzene rings is 2. The number of sulfonamides is 1. The number of nitrogens with one attached hydrogen (secondary N) is 1. The quantitative estimate of drug-likeness (QED) is 0.709. The van der Waals surface area contributed by atoms with Gasteiger partial charge in [0.2, 0.25) is 15.9 Å². The molecule has 158 valence electrons. The van der Waals surface area contributed by atoms with E-state index in [1.165, 1.54) is 4.31 Å². The first kappa shape index (κ1) is 22.7. The molecular formula is C22H30N2O4S. The van der Waals surface area contributed by atoms with E-state index in [-0.39, 0.29) is 11.9 Å². The van der Waals surface area contributed by atoms with E-state index in [2.05, 4.69) is 5.32 Å². The van der Waals surface area contributed by atoms with Crippen LogP contribution >= 0.6 is 0 Å². The lowest BCUT2D eigenvalue weighted by Crippen LogP contribution is -2.49. The maximum absolute atomic E-state index is 13.1. The van der Waals surface area contributed by atoms with Crippen LogP contribution in [0, 0.1) is 13.8 Å². The Bertz CT molecular complexity index is 955. The summed E-state index contributed by atoms with van der Waals surface area (Å²) in [6.45, 7) is 7.56. The van der Waals surface area contributed by atoms with E-state index < -0.39 is 16.1 Å². The van der Waals surface area contributed by atoms with Crippen LogP contribution in [0.4, 0.5) is 5.69 Å². The summed E-state index contributed by atoms with van der Waals surface area (Å²) >= 11 is 0. The molecule has 1 amide bonds. The lowest BCUT2D eigenvalue weighted by atomic mass is 10.1. The van der Waals surface area contributed by atoms with Crippen molar-refractivity contribution in [2.75, 3.05) is 17.7 Å². The zero-order chi connectivity index (χ0) is 21.8. The number of rotatable bonds is 8. The molecule has 2 atom stereocenters. The van der Waals surface area contributed by atoms with Gasteiger partial charge >= 0.3 is 0 Å². The van der Waals surface area contributed by atoms with Crippen LogP contribution in [0.5, 0.6) is 5.75 Å². The Hall–Kier alpha value is -2.54. The first-order valence-electron chi connectivity index (χ1n) is 9.59. The third kappa shape index (κ3) is 5.50. The van der Waals surface area contributed by atoms with Gasteiger partial charge in [-0.05, 0) is 68.1 Å². The molecule has 0 aromatic heterocycles. The van der Waals surface area contributed by atoms with Crippen molar-refractivity contribution in [2.45, 2.75) is 46.2 Å². The number of aryl methyl sites for hydroxylation is 2. The van der Waals surface area contributed by atoms with Crippen molar-refractivity contribution in [2.24, 2.45) is 0 Å². The molecular weight excluding hydrogens is 388 g/mol. The average Bonchev–Trinajstić information content (AvgIpc) is 2.67. The second-order valence-corrected chi connectivity index (χ2v) is 9.11. The van der Waals surface area contributed by atoms with Gasteiger partial charge in [0.05, 0.1) is 25.1 Å². The van der Waals surface area contributed by atoms with Crippen LogP contribution < -0.4 is 14.4 Å². The van der Waals surface area contributed by atoms with Crippen LogP contribution in [0.15, 0.2) is 42.5 Å². The fourth-order valence-corrected chi connectivity index (χ4v) is 4.41. The van der Waals surface area contributed by atoms with Gasteiger partial charge in [-0.25, -0.2) is 8.42 Å². The van der Waals surface area contributed by atoms with Crippen LogP contribution in [0.1, 0.15) is 43.0 Å². The highest BCUT2D eigenvalue weighted by atomic mass is 32.2. The SMILES string of the molecule is CC[C@@H](C(=O)N[C@H](C)c1ccc(OC)cc1)N(c1ccc(C)c(C)c1)S(C)(=O)=O. The molecule has 2 aromatic carbocycles. The average molecular weight is 419 g/mol. The lowest BCUT2D eigenvalue weighted by molar-refractivity contribution is -0.122. The molecule has 0 bridgehead atoms. The fraction of sp³-hybridized carbons (Fsp3) is 0.409. The maximum atomic E-state index is 13.1. The summed E-state index contributed by atoms with van der Waals surface area (Å²) in [5, 5.41) is 2.95. The van der Waals surface area contributed by atoms with Crippen LogP contribution in [0.2, 0.25) is 0 Å². The molecule has 2 rings (SSSR count). The monoisotopic (exact) mass is 418 g/mol. The van der Waals surface area contributed by atoms with Crippen molar-refractivity contribution in [1.29, 1.82) is 0 Å². The molecule has 2 aromatic rings. The Morgan fingerprint density at radius 3 is 2.21 bits per heavy atom. The molecule has 0 saturated heterocycles. The molecule has 0 spiro atoms. The molecule has 0 aliphatic heterocycles. The van der Waals surface area contributed by atoms with E-state index in [1.807, 2.05) is 58.0 Å². The number of hydrogen-bond acceptors (Lipinski definition) is 4. The molecule has 6 nitrogen and oxygen atoms in total. The molecule has 0 unspecified atom stereocenters. The predicted octanol–water partition coefficient (Wildman–Crippen LogP) is 3.73. The van der Waals surface area contributed by atoms with Crippen molar-refractivity contribution in [1.82, 2.24) is 5.32 Å². The second kappa shape index (κ2) is 9.31. The van der Waals surface area contributed by atoms with Gasteiger partial charge in [-0.3, -0.25) is 9.10 Å². The molecule has 0 saturated carbocycles. The molecule has 0 heterocycles. The van der Waals surface area contributed by atoms with Crippen LogP contribution in [-0.4, -0.2) is 33.7 Å². The number of methoxy groups -OCH3 is 1. The molecule has 1 N–H and O–H groups in total. The van der Waals surface area contributed by atoms with Gasteiger partial charge in [-0.15, -0.1) is 0 Å². The maximum Gasteiger partial charge on any atom is 0.244 e. The van der Waals surface area contributed by atoms with Crippen molar-refractivity contribution >= 4 is 21.6 Å². The summed E-state index contributed by atoms with van der Waals surface area (Å²) in [5.41, 5.74) is 3.44. The van der Waals surface area contributed by atoms with E-state index in [0.29, 0.717) is 12.1 Å². The smallest absolute Gasteiger partial charge is 0.244 e. The number of hydrogen-bond donors (Lipinski definition) is 1. The normalized spacial score (nSPS) is 13.4. The molecule has 0 radical (unpaired) electrons. The number of anilines is 1. The van der Waals surface area contributed by atoms with Crippen molar-refractivity contribution in [3.63, 3.8) is 0 Å². The Kier molecular flexibility index (Phi) is 7.30. The summed E-state index contributed by atoms with van der Waals surface area (Å²) in [4.78, 5) is 13.1. The number of nitrogens with zero attached hydrogens (tertiary/aromatic N) is 1. The van der Waals surface area contributed by atoms with Crippen LogP contribution in [0.3, 0.4) is 0 Å². The Labute approximate surface area is 173 Å². The van der Waals surface area contributed by atoms with Gasteiger partial charge in [0.15, 0.2) is 0 Å². The zero-order valence-corrected chi connectivity index (χ0v) is 18.7. The van der Waals surface area contributed by atoms with E-state index in [0.717, 1.165) is 28.7 Å². The van der Waals surface area contributed by atoms with Crippen molar-refractivity contribution < 1.29 is 17.9 Å². The Balaban J connectivity index is 2.30. The Morgan fingerprint density at radius 2 is 1.72 bits per heavy atom. The van der Waals surface area contributed by atoms with Crippen LogP contribution in [-0.2, 0) is 14.8 Å². The van der Waals surface area contributed by atoms with Gasteiger partial charge in [0, 0.05) is 0 Å².